The van der Waals surface area contributed by atoms with Gasteiger partial charge < -0.3 is 11.1 Å². The third kappa shape index (κ3) is 2.70. The lowest BCUT2D eigenvalue weighted by molar-refractivity contribution is 0.0996. The topological polar surface area (TPSA) is 83.8 Å². The van der Waals surface area contributed by atoms with Gasteiger partial charge in [0.15, 0.2) is 0 Å². The number of aromatic amines is 1. The summed E-state index contributed by atoms with van der Waals surface area (Å²) in [6.07, 6.45) is 1.60. The van der Waals surface area contributed by atoms with E-state index >= 15 is 0 Å². The first kappa shape index (κ1) is 13.0. The van der Waals surface area contributed by atoms with E-state index in [0.29, 0.717) is 12.6 Å². The average Bonchev–Trinajstić information content (AvgIpc) is 2.73. The van der Waals surface area contributed by atoms with Gasteiger partial charge in [-0.3, -0.25) is 9.89 Å². The van der Waals surface area contributed by atoms with Crippen molar-refractivity contribution < 1.29 is 13.6 Å². The van der Waals surface area contributed by atoms with Crippen LogP contribution < -0.4 is 11.1 Å². The maximum atomic E-state index is 13.5. The number of H-pyrrole nitrogens is 1. The molecule has 0 fully saturated rings. The highest BCUT2D eigenvalue weighted by molar-refractivity contribution is 5.94. The Morgan fingerprint density at radius 3 is 2.74 bits per heavy atom. The zero-order chi connectivity index (χ0) is 14.0. The van der Waals surface area contributed by atoms with Crippen molar-refractivity contribution in [1.82, 2.24) is 10.2 Å². The van der Waals surface area contributed by atoms with Gasteiger partial charge in [0.05, 0.1) is 17.4 Å². The number of carbonyl (C=O) groups is 1. The highest BCUT2D eigenvalue weighted by Crippen LogP contribution is 2.20. The second-order valence-corrected chi connectivity index (χ2v) is 4.05. The van der Waals surface area contributed by atoms with E-state index in [1.54, 1.807) is 6.20 Å². The van der Waals surface area contributed by atoms with Crippen LogP contribution in [0.15, 0.2) is 18.3 Å². The third-order valence-electron chi connectivity index (χ3n) is 2.73. The van der Waals surface area contributed by atoms with Crippen molar-refractivity contribution >= 4 is 11.6 Å². The van der Waals surface area contributed by atoms with Crippen LogP contribution in [-0.2, 0) is 6.54 Å². The molecule has 2 aromatic rings. The number of aromatic nitrogens is 2. The Bertz CT molecular complexity index is 624. The summed E-state index contributed by atoms with van der Waals surface area (Å²) in [6.45, 7) is 2.11. The summed E-state index contributed by atoms with van der Waals surface area (Å²) >= 11 is 0. The highest BCUT2D eigenvalue weighted by Gasteiger charge is 2.14. The fourth-order valence-electron chi connectivity index (χ4n) is 1.62. The van der Waals surface area contributed by atoms with Crippen LogP contribution in [0.4, 0.5) is 14.5 Å². The van der Waals surface area contributed by atoms with Crippen molar-refractivity contribution in [3.63, 3.8) is 0 Å². The summed E-state index contributed by atoms with van der Waals surface area (Å²) in [5, 5.41) is 9.33. The number of rotatable bonds is 4. The minimum Gasteiger partial charge on any atom is -0.378 e. The largest absolute Gasteiger partial charge is 0.378 e. The minimum atomic E-state index is -0.977. The lowest BCUT2D eigenvalue weighted by Gasteiger charge is -2.09. The Labute approximate surface area is 107 Å². The average molecular weight is 266 g/mol. The molecule has 4 N–H and O–H groups in total. The molecular formula is C12H12F2N4O. The zero-order valence-corrected chi connectivity index (χ0v) is 10.1. The lowest BCUT2D eigenvalue weighted by Crippen LogP contribution is -2.14. The predicted octanol–water partition coefficient (Wildman–Crippen LogP) is 1.71. The molecule has 0 aliphatic heterocycles. The predicted molar refractivity (Wildman–Crippen MR) is 65.5 cm³/mol. The van der Waals surface area contributed by atoms with E-state index in [1.165, 1.54) is 0 Å². The molecule has 1 aromatic carbocycles. The number of aryl methyl sites for hydroxylation is 1. The quantitative estimate of drug-likeness (QED) is 0.787. The van der Waals surface area contributed by atoms with Crippen LogP contribution in [-0.4, -0.2) is 16.1 Å². The van der Waals surface area contributed by atoms with Gasteiger partial charge in [-0.1, -0.05) is 0 Å². The molecule has 0 saturated heterocycles. The summed E-state index contributed by atoms with van der Waals surface area (Å²) in [4.78, 5) is 11.0. The summed E-state index contributed by atoms with van der Waals surface area (Å²) in [6, 6.07) is 1.69. The van der Waals surface area contributed by atoms with Crippen molar-refractivity contribution in [3.05, 3.63) is 46.8 Å². The summed E-state index contributed by atoms with van der Waals surface area (Å²) in [5.41, 5.74) is 6.34. The molecule has 1 heterocycles. The second-order valence-electron chi connectivity index (χ2n) is 4.05. The van der Waals surface area contributed by atoms with E-state index in [0.717, 1.165) is 17.3 Å². The number of benzene rings is 1. The first-order valence-corrected chi connectivity index (χ1v) is 5.50. The van der Waals surface area contributed by atoms with Crippen LogP contribution in [0.2, 0.25) is 0 Å². The number of hydrogen-bond donors (Lipinski definition) is 3. The first-order chi connectivity index (χ1) is 8.99. The molecule has 0 spiro atoms. The second kappa shape index (κ2) is 5.05. The SMILES string of the molecule is Cc1[nH]ncc1CNc1cc(C(N)=O)c(F)cc1F. The van der Waals surface area contributed by atoms with Crippen molar-refractivity contribution in [1.29, 1.82) is 0 Å². The number of anilines is 1. The van der Waals surface area contributed by atoms with Crippen LogP contribution in [0.3, 0.4) is 0 Å². The van der Waals surface area contributed by atoms with Crippen molar-refractivity contribution in [2.45, 2.75) is 13.5 Å². The Morgan fingerprint density at radius 1 is 1.42 bits per heavy atom. The maximum absolute atomic E-state index is 13.5. The number of halogens is 2. The minimum absolute atomic E-state index is 0.0100. The zero-order valence-electron chi connectivity index (χ0n) is 10.1. The van der Waals surface area contributed by atoms with Gasteiger partial charge in [-0.05, 0) is 13.0 Å². The number of amides is 1. The van der Waals surface area contributed by atoms with Gasteiger partial charge in [-0.25, -0.2) is 8.78 Å². The number of nitrogens with one attached hydrogen (secondary N) is 2. The van der Waals surface area contributed by atoms with Crippen molar-refractivity contribution in [2.24, 2.45) is 5.73 Å². The molecule has 0 atom stereocenters. The smallest absolute Gasteiger partial charge is 0.251 e. The number of primary amides is 1. The number of nitrogens with zero attached hydrogens (tertiary/aromatic N) is 1. The fourth-order valence-corrected chi connectivity index (χ4v) is 1.62. The normalized spacial score (nSPS) is 10.5. The number of carbonyl (C=O) groups excluding carboxylic acids is 1. The molecule has 2 rings (SSSR count). The third-order valence-corrected chi connectivity index (χ3v) is 2.73. The van der Waals surface area contributed by atoms with Gasteiger partial charge in [0, 0.05) is 23.9 Å². The Kier molecular flexibility index (Phi) is 3.46. The molecular weight excluding hydrogens is 254 g/mol. The van der Waals surface area contributed by atoms with E-state index in [-0.39, 0.29) is 11.3 Å². The summed E-state index contributed by atoms with van der Waals surface area (Å²) in [5.74, 6) is -2.71. The van der Waals surface area contributed by atoms with E-state index in [1.807, 2.05) is 6.92 Å². The van der Waals surface area contributed by atoms with E-state index in [9.17, 15) is 13.6 Å². The molecule has 0 aliphatic rings. The maximum Gasteiger partial charge on any atom is 0.251 e. The molecule has 19 heavy (non-hydrogen) atoms. The molecule has 0 bridgehead atoms. The number of nitrogens with two attached hydrogens (primary N) is 1. The lowest BCUT2D eigenvalue weighted by atomic mass is 10.1. The highest BCUT2D eigenvalue weighted by atomic mass is 19.1. The molecule has 5 nitrogen and oxygen atoms in total. The van der Waals surface area contributed by atoms with Crippen LogP contribution in [0.1, 0.15) is 21.6 Å². The van der Waals surface area contributed by atoms with E-state index < -0.39 is 17.5 Å². The fraction of sp³-hybridized carbons (Fsp3) is 0.167. The van der Waals surface area contributed by atoms with E-state index in [4.69, 9.17) is 5.73 Å². The monoisotopic (exact) mass is 266 g/mol. The standard InChI is InChI=1S/C12H12F2N4O/c1-6-7(5-17-18-6)4-16-11-2-8(12(15)19)9(13)3-10(11)14/h2-3,5,16H,4H2,1H3,(H2,15,19)(H,17,18). The molecule has 0 unspecified atom stereocenters. The van der Waals surface area contributed by atoms with E-state index in [2.05, 4.69) is 15.5 Å². The Balaban J connectivity index is 2.23. The Morgan fingerprint density at radius 2 is 2.16 bits per heavy atom. The molecule has 0 aliphatic carbocycles. The van der Waals surface area contributed by atoms with Gasteiger partial charge in [0.25, 0.3) is 5.91 Å². The molecule has 0 radical (unpaired) electrons. The van der Waals surface area contributed by atoms with Crippen molar-refractivity contribution in [2.75, 3.05) is 5.32 Å². The molecule has 1 amide bonds. The molecule has 0 saturated carbocycles. The molecule has 1 aromatic heterocycles. The van der Waals surface area contributed by atoms with Crippen LogP contribution in [0, 0.1) is 18.6 Å². The van der Waals surface area contributed by atoms with Crippen LogP contribution in [0.25, 0.3) is 0 Å². The van der Waals surface area contributed by atoms with Gasteiger partial charge in [-0.2, -0.15) is 5.10 Å². The summed E-state index contributed by atoms with van der Waals surface area (Å²) < 4.78 is 26.8. The molecule has 7 heteroatoms. The molecule has 100 valence electrons. The van der Waals surface area contributed by atoms with Crippen LogP contribution >= 0.6 is 0 Å². The van der Waals surface area contributed by atoms with Crippen LogP contribution in [0.5, 0.6) is 0 Å². The van der Waals surface area contributed by atoms with Crippen molar-refractivity contribution in [3.8, 4) is 0 Å². The van der Waals surface area contributed by atoms with Gasteiger partial charge >= 0.3 is 0 Å². The number of hydrogen-bond acceptors (Lipinski definition) is 3. The first-order valence-electron chi connectivity index (χ1n) is 5.50. The van der Waals surface area contributed by atoms with Gasteiger partial charge in [-0.15, -0.1) is 0 Å². The Hall–Kier alpha value is -2.44. The van der Waals surface area contributed by atoms with Gasteiger partial charge in [0.2, 0.25) is 0 Å². The van der Waals surface area contributed by atoms with Gasteiger partial charge in [0.1, 0.15) is 11.6 Å². The summed E-state index contributed by atoms with van der Waals surface area (Å²) in [7, 11) is 0.